The van der Waals surface area contributed by atoms with Gasteiger partial charge in [-0.15, -0.1) is 0 Å². The normalized spacial score (nSPS) is 23.0. The lowest BCUT2D eigenvalue weighted by atomic mass is 9.55. The van der Waals surface area contributed by atoms with Crippen LogP contribution >= 0.6 is 7.05 Å². The molecule has 1 aliphatic carbocycles. The highest BCUT2D eigenvalue weighted by Gasteiger charge is 2.87. The maximum absolute atomic E-state index is 10.9. The van der Waals surface area contributed by atoms with Gasteiger partial charge in [0.15, 0.2) is 10.8 Å². The first-order valence-corrected chi connectivity index (χ1v) is 14.6. The van der Waals surface area contributed by atoms with Gasteiger partial charge in [-0.25, -0.2) is 4.99 Å². The third kappa shape index (κ3) is 3.25. The summed E-state index contributed by atoms with van der Waals surface area (Å²) < 4.78 is 16.5. The zero-order valence-corrected chi connectivity index (χ0v) is 24.0. The molecule has 3 aromatic carbocycles. The summed E-state index contributed by atoms with van der Waals surface area (Å²) in [4.78, 5) is 4.21. The van der Waals surface area contributed by atoms with E-state index in [1.165, 1.54) is 14.2 Å². The zero-order chi connectivity index (χ0) is 30.9. The van der Waals surface area contributed by atoms with Crippen molar-refractivity contribution in [3.63, 3.8) is 0 Å². The largest absolute Gasteiger partial charge is 0.386 e. The molecule has 0 radical (unpaired) electrons. The maximum atomic E-state index is 10.9. The van der Waals surface area contributed by atoms with Gasteiger partial charge in [0.05, 0.1) is 48.7 Å². The van der Waals surface area contributed by atoms with E-state index in [0.29, 0.717) is 0 Å². The molecule has 3 aromatic rings. The van der Waals surface area contributed by atoms with Crippen LogP contribution in [-0.4, -0.2) is 26.0 Å². The first kappa shape index (κ1) is 29.0. The van der Waals surface area contributed by atoms with Crippen molar-refractivity contribution in [1.82, 2.24) is 0 Å². The molecule has 0 amide bonds. The lowest BCUT2D eigenvalue weighted by Crippen LogP contribution is -2.59. The number of methoxy groups -OCH3 is 2. The molecule has 2 unspecified atom stereocenters. The Morgan fingerprint density at radius 2 is 1.09 bits per heavy atom. The summed E-state index contributed by atoms with van der Waals surface area (Å²) in [5.41, 5.74) is -1.98. The highest BCUT2D eigenvalue weighted by atomic mass is 31.2. The van der Waals surface area contributed by atoms with Crippen LogP contribution < -0.4 is 21.6 Å². The van der Waals surface area contributed by atoms with Gasteiger partial charge in [0.25, 0.3) is 5.91 Å². The van der Waals surface area contributed by atoms with Crippen LogP contribution in [0.3, 0.4) is 0 Å². The summed E-state index contributed by atoms with van der Waals surface area (Å²) in [5.74, 6) is -2.89. The summed E-state index contributed by atoms with van der Waals surface area (Å²) in [6.07, 6.45) is 0. The number of aliphatic imine (C=N–C) groups is 1. The fraction of sp³-hybridized carbons (Fsp3) is 0.188. The molecule has 2 aliphatic rings. The van der Waals surface area contributed by atoms with Crippen molar-refractivity contribution < 1.29 is 9.47 Å². The van der Waals surface area contributed by atoms with E-state index in [1.807, 2.05) is 121 Å². The third-order valence-electron chi connectivity index (χ3n) is 8.19. The minimum atomic E-state index is -3.23. The van der Waals surface area contributed by atoms with Crippen molar-refractivity contribution in [3.8, 4) is 30.3 Å². The van der Waals surface area contributed by atoms with Gasteiger partial charge in [-0.05, 0) is 0 Å². The van der Waals surface area contributed by atoms with Crippen LogP contribution in [-0.2, 0) is 9.47 Å². The molecule has 208 valence electrons. The molecule has 1 heterocycles. The van der Waals surface area contributed by atoms with Crippen molar-refractivity contribution in [3.05, 3.63) is 102 Å². The van der Waals surface area contributed by atoms with Gasteiger partial charge < -0.3 is 15.2 Å². The Hall–Kier alpha value is -5.53. The van der Waals surface area contributed by atoms with E-state index in [1.54, 1.807) is 0 Å². The summed E-state index contributed by atoms with van der Waals surface area (Å²) in [6.45, 7) is 0. The molecule has 0 fully saturated rings. The first-order valence-electron chi connectivity index (χ1n) is 12.9. The Bertz CT molecular complexity index is 1820. The number of ether oxygens (including phenoxy) is 2. The number of benzene rings is 3. The molecule has 2 N–H and O–H groups in total. The zero-order valence-electron chi connectivity index (χ0n) is 23.1. The number of amidine groups is 1. The molecule has 0 spiro atoms. The number of nitrogens with zero attached hydrogens (tertiary/aromatic N) is 7. The molecule has 0 aromatic heterocycles. The monoisotopic (exact) mass is 582 g/mol. The number of fused-ring (bicyclic) bond motifs is 1. The van der Waals surface area contributed by atoms with E-state index in [-0.39, 0.29) is 5.70 Å². The third-order valence-corrected chi connectivity index (χ3v) is 11.8. The standard InChI is InChI=1S/C32H23N8O2P/c1-41-32(42-2)30(21-36)26(18-33)27(29(19-34,20-35)31(30,22-37)28(38)39-32)40-43(23-12-6-3-7-13-23,24-14-8-4-9-15-24)25-16-10-5-11-17-25/h3-17H,1-2H3,(H2,38,39). The average Bonchev–Trinajstić information content (AvgIpc) is 3.43. The molecule has 0 saturated heterocycles. The quantitative estimate of drug-likeness (QED) is 0.338. The second kappa shape index (κ2) is 10.4. The van der Waals surface area contributed by atoms with Gasteiger partial charge in [-0.3, -0.25) is 4.74 Å². The van der Waals surface area contributed by atoms with Crippen LogP contribution in [0.1, 0.15) is 0 Å². The molecule has 2 atom stereocenters. The summed E-state index contributed by atoms with van der Waals surface area (Å²) in [6, 6.07) is 37.8. The van der Waals surface area contributed by atoms with Gasteiger partial charge in [0.2, 0.25) is 5.41 Å². The van der Waals surface area contributed by atoms with Crippen molar-refractivity contribution in [1.29, 1.82) is 26.3 Å². The van der Waals surface area contributed by atoms with Crippen molar-refractivity contribution in [2.75, 3.05) is 14.2 Å². The van der Waals surface area contributed by atoms with Crippen LogP contribution in [0.25, 0.3) is 0 Å². The second-order valence-corrected chi connectivity index (χ2v) is 12.8. The fourth-order valence-corrected chi connectivity index (χ4v) is 9.90. The maximum Gasteiger partial charge on any atom is 0.297 e. The van der Waals surface area contributed by atoms with E-state index >= 15 is 0 Å². The van der Waals surface area contributed by atoms with E-state index < -0.39 is 40.6 Å². The molecular formula is C32H23N8O2P. The molecular weight excluding hydrogens is 559 g/mol. The second-order valence-electron chi connectivity index (χ2n) is 9.76. The Morgan fingerprint density at radius 3 is 1.42 bits per heavy atom. The average molecular weight is 583 g/mol. The van der Waals surface area contributed by atoms with Crippen molar-refractivity contribution in [2.45, 2.75) is 5.91 Å². The number of hydrogen-bond donors (Lipinski definition) is 1. The lowest BCUT2D eigenvalue weighted by molar-refractivity contribution is -0.248. The first-order chi connectivity index (χ1) is 20.8. The van der Waals surface area contributed by atoms with Crippen LogP contribution in [0.5, 0.6) is 0 Å². The summed E-state index contributed by atoms with van der Waals surface area (Å²) >= 11 is 0. The van der Waals surface area contributed by atoms with E-state index in [2.05, 4.69) is 4.99 Å². The SMILES string of the molecule is COC1(OC)N=C(N)C2(C#N)C(C#N)(C#N)C(N=P(c3ccccc3)(c3ccccc3)c3ccccc3)=C(C#N)C12C#N. The van der Waals surface area contributed by atoms with Crippen LogP contribution in [0.4, 0.5) is 0 Å². The van der Waals surface area contributed by atoms with E-state index in [4.69, 9.17) is 20.0 Å². The molecule has 10 nitrogen and oxygen atoms in total. The summed E-state index contributed by atoms with van der Waals surface area (Å²) in [5, 5.41) is 56.5. The van der Waals surface area contributed by atoms with E-state index in [0.717, 1.165) is 15.9 Å². The van der Waals surface area contributed by atoms with E-state index in [9.17, 15) is 26.3 Å². The number of hydrogen-bond acceptors (Lipinski definition) is 10. The number of allylic oxidation sites excluding steroid dienone is 1. The Balaban J connectivity index is 2.13. The molecule has 1 aliphatic heterocycles. The topological polar surface area (TPSA) is 188 Å². The minimum Gasteiger partial charge on any atom is -0.386 e. The number of nitriles is 5. The lowest BCUT2D eigenvalue weighted by Gasteiger charge is -2.41. The Labute approximate surface area is 248 Å². The van der Waals surface area contributed by atoms with Gasteiger partial charge >= 0.3 is 0 Å². The molecule has 0 saturated carbocycles. The van der Waals surface area contributed by atoms with Crippen LogP contribution in [0.2, 0.25) is 0 Å². The summed E-state index contributed by atoms with van der Waals surface area (Å²) in [7, 11) is -0.879. The smallest absolute Gasteiger partial charge is 0.297 e. The van der Waals surface area contributed by atoms with Gasteiger partial charge in [-0.2, -0.15) is 26.3 Å². The Morgan fingerprint density at radius 1 is 0.674 bits per heavy atom. The highest BCUT2D eigenvalue weighted by molar-refractivity contribution is 7.87. The molecule has 0 bridgehead atoms. The van der Waals surface area contributed by atoms with Gasteiger partial charge in [0.1, 0.15) is 5.84 Å². The predicted molar refractivity (Wildman–Crippen MR) is 158 cm³/mol. The molecule has 11 heteroatoms. The van der Waals surface area contributed by atoms with Gasteiger partial charge in [-0.1, -0.05) is 91.0 Å². The molecule has 5 rings (SSSR count). The van der Waals surface area contributed by atoms with Gasteiger partial charge in [0, 0.05) is 30.1 Å². The number of rotatable bonds is 6. The minimum absolute atomic E-state index is 0.357. The number of nitrogens with two attached hydrogens (primary N) is 1. The molecule has 43 heavy (non-hydrogen) atoms. The predicted octanol–water partition coefficient (Wildman–Crippen LogP) is 3.33. The Kier molecular flexibility index (Phi) is 7.00. The highest BCUT2D eigenvalue weighted by Crippen LogP contribution is 2.73. The van der Waals surface area contributed by atoms with Crippen molar-refractivity contribution >= 4 is 28.8 Å². The van der Waals surface area contributed by atoms with Crippen molar-refractivity contribution in [2.24, 2.45) is 31.7 Å². The van der Waals surface area contributed by atoms with Crippen LogP contribution in [0.15, 0.2) is 112 Å². The fourth-order valence-electron chi connectivity index (χ4n) is 6.30. The van der Waals surface area contributed by atoms with Crippen LogP contribution in [0, 0.1) is 72.9 Å².